The van der Waals surface area contributed by atoms with Crippen LogP contribution in [0.25, 0.3) is 0 Å². The number of benzene rings is 1. The molecule has 1 heterocycles. The molecule has 0 fully saturated rings. The van der Waals surface area contributed by atoms with Gasteiger partial charge in [-0.05, 0) is 85.6 Å². The standard InChI is InChI=1S/C29H41NO4S/c1-8-33-28(32)26-23-13-11-20(29(5,6)7)17-24(23)35-27(26)30-25(31)10-9-15-34-21-12-14-22(18(2)3)19(4)16-21/h12,14,16,18,20H,8-11,13,15,17H2,1-7H3,(H,30,31). The SMILES string of the molecule is CCOC(=O)c1c(NC(=O)CCCOc2ccc(C(C)C)c(C)c2)sc2c1CCC(C(C)(C)C)C2. The van der Waals surface area contributed by atoms with E-state index in [0.717, 1.165) is 30.6 Å². The monoisotopic (exact) mass is 499 g/mol. The second-order valence-corrected chi connectivity index (χ2v) is 12.0. The van der Waals surface area contributed by atoms with Crippen molar-refractivity contribution in [1.29, 1.82) is 0 Å². The molecule has 192 valence electrons. The van der Waals surface area contributed by atoms with Gasteiger partial charge >= 0.3 is 5.97 Å². The van der Waals surface area contributed by atoms with E-state index in [9.17, 15) is 9.59 Å². The Morgan fingerprint density at radius 3 is 2.60 bits per heavy atom. The number of thiophene rings is 1. The van der Waals surface area contributed by atoms with E-state index < -0.39 is 0 Å². The van der Waals surface area contributed by atoms with Crippen LogP contribution in [-0.4, -0.2) is 25.1 Å². The first kappa shape index (κ1) is 27.3. The predicted molar refractivity (Wildman–Crippen MR) is 144 cm³/mol. The van der Waals surface area contributed by atoms with Gasteiger partial charge in [0.2, 0.25) is 5.91 Å². The van der Waals surface area contributed by atoms with Gasteiger partial charge < -0.3 is 14.8 Å². The third-order valence-electron chi connectivity index (χ3n) is 6.90. The van der Waals surface area contributed by atoms with Crippen molar-refractivity contribution in [3.63, 3.8) is 0 Å². The van der Waals surface area contributed by atoms with Crippen LogP contribution in [0, 0.1) is 18.3 Å². The second-order valence-electron chi connectivity index (χ2n) is 10.9. The number of ether oxygens (including phenoxy) is 2. The number of anilines is 1. The summed E-state index contributed by atoms with van der Waals surface area (Å²) in [7, 11) is 0. The Morgan fingerprint density at radius 1 is 1.23 bits per heavy atom. The molecule has 0 aliphatic heterocycles. The number of esters is 1. The normalized spacial score (nSPS) is 15.6. The first-order valence-corrected chi connectivity index (χ1v) is 13.7. The van der Waals surface area contributed by atoms with Gasteiger partial charge in [-0.1, -0.05) is 40.7 Å². The molecule has 1 aromatic heterocycles. The van der Waals surface area contributed by atoms with Gasteiger partial charge in [-0.25, -0.2) is 4.79 Å². The van der Waals surface area contributed by atoms with E-state index in [1.54, 1.807) is 11.3 Å². The van der Waals surface area contributed by atoms with Crippen LogP contribution < -0.4 is 10.1 Å². The van der Waals surface area contributed by atoms with Crippen molar-refractivity contribution in [1.82, 2.24) is 0 Å². The zero-order valence-electron chi connectivity index (χ0n) is 22.4. The summed E-state index contributed by atoms with van der Waals surface area (Å²) in [5.74, 6) is 1.43. The molecule has 1 aromatic carbocycles. The number of nitrogens with one attached hydrogen (secondary N) is 1. The van der Waals surface area contributed by atoms with Crippen molar-refractivity contribution in [3.8, 4) is 5.75 Å². The van der Waals surface area contributed by atoms with Crippen LogP contribution in [0.1, 0.15) is 98.6 Å². The molecule has 0 saturated carbocycles. The van der Waals surface area contributed by atoms with Crippen LogP contribution in [-0.2, 0) is 22.4 Å². The Kier molecular flexibility index (Phi) is 9.03. The topological polar surface area (TPSA) is 64.6 Å². The Labute approximate surface area is 214 Å². The number of carbonyl (C=O) groups is 2. The largest absolute Gasteiger partial charge is 0.494 e. The maximum atomic E-state index is 12.8. The van der Waals surface area contributed by atoms with Crippen molar-refractivity contribution in [3.05, 3.63) is 45.3 Å². The number of carbonyl (C=O) groups excluding carboxylic acids is 2. The molecular formula is C29H41NO4S. The highest BCUT2D eigenvalue weighted by Gasteiger charge is 2.34. The van der Waals surface area contributed by atoms with Crippen LogP contribution in [0.5, 0.6) is 5.75 Å². The van der Waals surface area contributed by atoms with Crippen molar-refractivity contribution >= 4 is 28.2 Å². The highest BCUT2D eigenvalue weighted by molar-refractivity contribution is 7.17. The minimum Gasteiger partial charge on any atom is -0.494 e. The van der Waals surface area contributed by atoms with Gasteiger partial charge in [-0.3, -0.25) is 4.79 Å². The van der Waals surface area contributed by atoms with Gasteiger partial charge in [0.1, 0.15) is 10.8 Å². The highest BCUT2D eigenvalue weighted by atomic mass is 32.1. The van der Waals surface area contributed by atoms with Gasteiger partial charge in [0.15, 0.2) is 0 Å². The maximum absolute atomic E-state index is 12.8. The minimum atomic E-state index is -0.335. The fourth-order valence-corrected chi connectivity index (χ4v) is 6.16. The number of aryl methyl sites for hydroxylation is 1. The van der Waals surface area contributed by atoms with Crippen molar-refractivity contribution in [2.24, 2.45) is 11.3 Å². The Balaban J connectivity index is 1.61. The summed E-state index contributed by atoms with van der Waals surface area (Å²) in [6.45, 7) is 15.9. The number of amides is 1. The van der Waals surface area contributed by atoms with Crippen LogP contribution in [0.15, 0.2) is 18.2 Å². The molecule has 3 rings (SSSR count). The maximum Gasteiger partial charge on any atom is 0.341 e. The van der Waals surface area contributed by atoms with Gasteiger partial charge in [0.25, 0.3) is 0 Å². The molecule has 0 saturated heterocycles. The first-order valence-electron chi connectivity index (χ1n) is 12.9. The van der Waals surface area contributed by atoms with Crippen LogP contribution in [0.3, 0.4) is 0 Å². The average Bonchev–Trinajstić information content (AvgIpc) is 3.13. The molecule has 1 amide bonds. The summed E-state index contributed by atoms with van der Waals surface area (Å²) in [6.07, 6.45) is 3.76. The molecule has 1 aliphatic rings. The number of fused-ring (bicyclic) bond motifs is 1. The Hall–Kier alpha value is -2.34. The highest BCUT2D eigenvalue weighted by Crippen LogP contribution is 2.44. The summed E-state index contributed by atoms with van der Waals surface area (Å²) < 4.78 is 11.2. The lowest BCUT2D eigenvalue weighted by atomic mass is 9.72. The molecule has 1 aliphatic carbocycles. The fraction of sp³-hybridized carbons (Fsp3) is 0.586. The van der Waals surface area contributed by atoms with Crippen molar-refractivity contribution < 1.29 is 19.1 Å². The van der Waals surface area contributed by atoms with Crippen molar-refractivity contribution in [2.75, 3.05) is 18.5 Å². The van der Waals surface area contributed by atoms with Crippen LogP contribution in [0.2, 0.25) is 0 Å². The molecule has 0 radical (unpaired) electrons. The molecule has 1 N–H and O–H groups in total. The van der Waals surface area contributed by atoms with Gasteiger partial charge in [0.05, 0.1) is 18.8 Å². The molecule has 0 bridgehead atoms. The first-order chi connectivity index (χ1) is 16.5. The second kappa shape index (κ2) is 11.6. The molecule has 6 heteroatoms. The number of rotatable bonds is 9. The summed E-state index contributed by atoms with van der Waals surface area (Å²) in [4.78, 5) is 26.7. The van der Waals surface area contributed by atoms with Crippen LogP contribution >= 0.6 is 11.3 Å². The van der Waals surface area contributed by atoms with Crippen molar-refractivity contribution in [2.45, 2.75) is 86.5 Å². The van der Waals surface area contributed by atoms with E-state index >= 15 is 0 Å². The third kappa shape index (κ3) is 6.87. The zero-order valence-corrected chi connectivity index (χ0v) is 23.2. The lowest BCUT2D eigenvalue weighted by Crippen LogP contribution is -2.26. The minimum absolute atomic E-state index is 0.101. The molecule has 1 unspecified atom stereocenters. The van der Waals surface area contributed by atoms with E-state index in [2.05, 4.69) is 59.0 Å². The molecule has 0 spiro atoms. The van der Waals surface area contributed by atoms with Gasteiger partial charge in [0, 0.05) is 11.3 Å². The summed E-state index contributed by atoms with van der Waals surface area (Å²) in [5, 5.41) is 3.64. The average molecular weight is 500 g/mol. The summed E-state index contributed by atoms with van der Waals surface area (Å²) in [6, 6.07) is 6.17. The lowest BCUT2D eigenvalue weighted by Gasteiger charge is -2.33. The molecule has 5 nitrogen and oxygen atoms in total. The third-order valence-corrected chi connectivity index (χ3v) is 8.07. The Morgan fingerprint density at radius 2 is 1.97 bits per heavy atom. The number of hydrogen-bond acceptors (Lipinski definition) is 5. The van der Waals surface area contributed by atoms with E-state index in [0.29, 0.717) is 48.5 Å². The van der Waals surface area contributed by atoms with E-state index in [1.165, 1.54) is 16.0 Å². The quantitative estimate of drug-likeness (QED) is 0.290. The fourth-order valence-electron chi connectivity index (χ4n) is 4.83. The lowest BCUT2D eigenvalue weighted by molar-refractivity contribution is -0.116. The molecule has 1 atom stereocenters. The van der Waals surface area contributed by atoms with Gasteiger partial charge in [-0.15, -0.1) is 11.3 Å². The molecule has 2 aromatic rings. The van der Waals surface area contributed by atoms with Crippen LogP contribution in [0.4, 0.5) is 5.00 Å². The summed E-state index contributed by atoms with van der Waals surface area (Å²) in [5.41, 5.74) is 4.37. The summed E-state index contributed by atoms with van der Waals surface area (Å²) >= 11 is 1.54. The predicted octanol–water partition coefficient (Wildman–Crippen LogP) is 7.31. The molecular weight excluding hydrogens is 458 g/mol. The molecule has 35 heavy (non-hydrogen) atoms. The van der Waals surface area contributed by atoms with Gasteiger partial charge in [-0.2, -0.15) is 0 Å². The van der Waals surface area contributed by atoms with E-state index in [1.807, 2.05) is 13.0 Å². The number of hydrogen-bond donors (Lipinski definition) is 1. The zero-order chi connectivity index (χ0) is 25.8. The van der Waals surface area contributed by atoms with E-state index in [4.69, 9.17) is 9.47 Å². The Bertz CT molecular complexity index is 1050. The van der Waals surface area contributed by atoms with E-state index in [-0.39, 0.29) is 17.3 Å². The smallest absolute Gasteiger partial charge is 0.341 e.